The number of carbonyl (C=O) groups excluding carboxylic acids is 2. The summed E-state index contributed by atoms with van der Waals surface area (Å²) < 4.78 is 0. The van der Waals surface area contributed by atoms with E-state index in [1.807, 2.05) is 50.2 Å². The average molecular weight is 352 g/mol. The van der Waals surface area contributed by atoms with Gasteiger partial charge in [-0.1, -0.05) is 48.0 Å². The predicted molar refractivity (Wildman–Crippen MR) is 106 cm³/mol. The molecule has 0 aliphatic heterocycles. The van der Waals surface area contributed by atoms with E-state index in [0.717, 1.165) is 29.7 Å². The van der Waals surface area contributed by atoms with E-state index < -0.39 is 5.41 Å². The third-order valence-electron chi connectivity index (χ3n) is 4.54. The van der Waals surface area contributed by atoms with Gasteiger partial charge in [-0.3, -0.25) is 9.59 Å². The monoisotopic (exact) mass is 352 g/mol. The lowest BCUT2D eigenvalue weighted by atomic mass is 9.90. The predicted octanol–water partition coefficient (Wildman–Crippen LogP) is 4.02. The molecular formula is C22H28N2O2. The third kappa shape index (κ3) is 5.19. The molecule has 4 nitrogen and oxygen atoms in total. The molecule has 2 rings (SSSR count). The Labute approximate surface area is 156 Å². The molecule has 0 saturated carbocycles. The van der Waals surface area contributed by atoms with E-state index in [2.05, 4.69) is 22.8 Å². The van der Waals surface area contributed by atoms with Gasteiger partial charge in [-0.15, -0.1) is 0 Å². The summed E-state index contributed by atoms with van der Waals surface area (Å²) in [7, 11) is 0. The van der Waals surface area contributed by atoms with Crippen molar-refractivity contribution in [2.24, 2.45) is 5.41 Å². The summed E-state index contributed by atoms with van der Waals surface area (Å²) in [6.45, 7) is 7.80. The first kappa shape index (κ1) is 19.7. The summed E-state index contributed by atoms with van der Waals surface area (Å²) in [5, 5.41) is 5.76. The molecule has 0 aromatic heterocycles. The molecule has 0 heterocycles. The van der Waals surface area contributed by atoms with E-state index in [1.165, 1.54) is 5.56 Å². The quantitative estimate of drug-likeness (QED) is 0.584. The highest BCUT2D eigenvalue weighted by Crippen LogP contribution is 2.22. The van der Waals surface area contributed by atoms with E-state index >= 15 is 0 Å². The van der Waals surface area contributed by atoms with Crippen LogP contribution in [0.4, 0.5) is 5.69 Å². The van der Waals surface area contributed by atoms with Gasteiger partial charge in [0.1, 0.15) is 5.41 Å². The molecule has 0 spiro atoms. The third-order valence-corrected chi connectivity index (χ3v) is 4.54. The van der Waals surface area contributed by atoms with Gasteiger partial charge in [0.25, 0.3) is 0 Å². The highest BCUT2D eigenvalue weighted by molar-refractivity contribution is 6.10. The zero-order chi connectivity index (χ0) is 19.2. The minimum Gasteiger partial charge on any atom is -0.355 e. The Morgan fingerprint density at radius 2 is 1.65 bits per heavy atom. The van der Waals surface area contributed by atoms with Crippen LogP contribution in [-0.2, 0) is 16.0 Å². The van der Waals surface area contributed by atoms with E-state index in [1.54, 1.807) is 13.8 Å². The molecule has 2 aromatic carbocycles. The first-order valence-electron chi connectivity index (χ1n) is 9.01. The normalized spacial score (nSPS) is 11.1. The molecule has 4 heteroatoms. The number of benzene rings is 2. The molecule has 26 heavy (non-hydrogen) atoms. The Balaban J connectivity index is 1.86. The first-order valence-corrected chi connectivity index (χ1v) is 9.01. The Hall–Kier alpha value is -2.62. The lowest BCUT2D eigenvalue weighted by molar-refractivity contribution is -0.138. The van der Waals surface area contributed by atoms with Gasteiger partial charge in [0.15, 0.2) is 0 Å². The van der Waals surface area contributed by atoms with Crippen LogP contribution in [-0.4, -0.2) is 18.4 Å². The van der Waals surface area contributed by atoms with Crippen molar-refractivity contribution in [1.29, 1.82) is 0 Å². The van der Waals surface area contributed by atoms with Crippen molar-refractivity contribution in [3.8, 4) is 0 Å². The van der Waals surface area contributed by atoms with Crippen LogP contribution in [0.15, 0.2) is 48.5 Å². The van der Waals surface area contributed by atoms with E-state index in [0.29, 0.717) is 6.54 Å². The highest BCUT2D eigenvalue weighted by atomic mass is 16.2. The maximum Gasteiger partial charge on any atom is 0.239 e. The van der Waals surface area contributed by atoms with Crippen LogP contribution in [0.1, 0.15) is 37.0 Å². The summed E-state index contributed by atoms with van der Waals surface area (Å²) >= 11 is 0. The molecule has 0 radical (unpaired) electrons. The van der Waals surface area contributed by atoms with Crippen molar-refractivity contribution in [2.75, 3.05) is 11.9 Å². The summed E-state index contributed by atoms with van der Waals surface area (Å²) in [5.74, 6) is -0.558. The van der Waals surface area contributed by atoms with Gasteiger partial charge < -0.3 is 10.6 Å². The van der Waals surface area contributed by atoms with Crippen LogP contribution in [0.3, 0.4) is 0 Å². The fourth-order valence-electron chi connectivity index (χ4n) is 2.70. The van der Waals surface area contributed by atoms with Gasteiger partial charge in [0, 0.05) is 12.2 Å². The van der Waals surface area contributed by atoms with Crippen LogP contribution < -0.4 is 10.6 Å². The minimum absolute atomic E-state index is 0.257. The number of aryl methyl sites for hydroxylation is 3. The van der Waals surface area contributed by atoms with Crippen molar-refractivity contribution in [2.45, 2.75) is 40.5 Å². The van der Waals surface area contributed by atoms with Gasteiger partial charge in [0.05, 0.1) is 0 Å². The minimum atomic E-state index is -1.13. The highest BCUT2D eigenvalue weighted by Gasteiger charge is 2.36. The maximum atomic E-state index is 12.6. The van der Waals surface area contributed by atoms with Crippen molar-refractivity contribution in [3.05, 3.63) is 65.2 Å². The largest absolute Gasteiger partial charge is 0.355 e. The van der Waals surface area contributed by atoms with Crippen LogP contribution in [0, 0.1) is 19.3 Å². The van der Waals surface area contributed by atoms with E-state index in [9.17, 15) is 9.59 Å². The zero-order valence-electron chi connectivity index (χ0n) is 16.1. The molecule has 0 aliphatic rings. The Bertz CT molecular complexity index is 767. The average Bonchev–Trinajstić information content (AvgIpc) is 2.61. The summed E-state index contributed by atoms with van der Waals surface area (Å²) in [5.41, 5.74) is 2.97. The molecule has 2 N–H and O–H groups in total. The number of rotatable bonds is 7. The number of hydrogen-bond donors (Lipinski definition) is 2. The summed E-state index contributed by atoms with van der Waals surface area (Å²) in [6, 6.07) is 16.0. The Morgan fingerprint density at radius 1 is 0.962 bits per heavy atom. The van der Waals surface area contributed by atoms with Crippen LogP contribution in [0.5, 0.6) is 0 Å². The Morgan fingerprint density at radius 3 is 2.31 bits per heavy atom. The lowest BCUT2D eigenvalue weighted by Crippen LogP contribution is -2.45. The fourth-order valence-corrected chi connectivity index (χ4v) is 2.70. The molecule has 0 atom stereocenters. The van der Waals surface area contributed by atoms with Gasteiger partial charge in [0.2, 0.25) is 11.8 Å². The summed E-state index contributed by atoms with van der Waals surface area (Å²) in [6.07, 6.45) is 1.74. The van der Waals surface area contributed by atoms with Crippen molar-refractivity contribution < 1.29 is 9.59 Å². The van der Waals surface area contributed by atoms with Crippen molar-refractivity contribution >= 4 is 17.5 Å². The first-order chi connectivity index (χ1) is 12.3. The van der Waals surface area contributed by atoms with Crippen LogP contribution in [0.25, 0.3) is 0 Å². The summed E-state index contributed by atoms with van der Waals surface area (Å²) in [4.78, 5) is 25.1. The topological polar surface area (TPSA) is 58.2 Å². The maximum absolute atomic E-state index is 12.6. The molecule has 2 aromatic rings. The Kier molecular flexibility index (Phi) is 6.56. The van der Waals surface area contributed by atoms with Crippen LogP contribution >= 0.6 is 0 Å². The van der Waals surface area contributed by atoms with Gasteiger partial charge in [-0.2, -0.15) is 0 Å². The van der Waals surface area contributed by atoms with Gasteiger partial charge >= 0.3 is 0 Å². The van der Waals surface area contributed by atoms with Crippen LogP contribution in [0.2, 0.25) is 0 Å². The fraction of sp³-hybridized carbons (Fsp3) is 0.364. The zero-order valence-corrected chi connectivity index (χ0v) is 16.1. The standard InChI is InChI=1S/C22H28N2O2/c1-16-12-13-19(17(2)15-16)24-21(26)22(3,4)20(25)23-14-8-11-18-9-6-5-7-10-18/h5-7,9-10,12-13,15H,8,11,14H2,1-4H3,(H,23,25)(H,24,26). The lowest BCUT2D eigenvalue weighted by Gasteiger charge is -2.23. The number of amides is 2. The SMILES string of the molecule is Cc1ccc(NC(=O)C(C)(C)C(=O)NCCCc2ccccc2)c(C)c1. The second-order valence-electron chi connectivity index (χ2n) is 7.24. The number of anilines is 1. The molecule has 0 saturated heterocycles. The molecule has 138 valence electrons. The van der Waals surface area contributed by atoms with Crippen molar-refractivity contribution in [3.63, 3.8) is 0 Å². The molecule has 0 unspecified atom stereocenters. The molecule has 0 fully saturated rings. The smallest absolute Gasteiger partial charge is 0.239 e. The van der Waals surface area contributed by atoms with E-state index in [-0.39, 0.29) is 11.8 Å². The molecular weight excluding hydrogens is 324 g/mol. The second-order valence-corrected chi connectivity index (χ2v) is 7.24. The second kappa shape index (κ2) is 8.65. The number of nitrogens with one attached hydrogen (secondary N) is 2. The molecule has 0 bridgehead atoms. The van der Waals surface area contributed by atoms with E-state index in [4.69, 9.17) is 0 Å². The molecule has 2 amide bonds. The van der Waals surface area contributed by atoms with Crippen molar-refractivity contribution in [1.82, 2.24) is 5.32 Å². The number of hydrogen-bond acceptors (Lipinski definition) is 2. The van der Waals surface area contributed by atoms with Gasteiger partial charge in [-0.25, -0.2) is 0 Å². The molecule has 0 aliphatic carbocycles. The van der Waals surface area contributed by atoms with Gasteiger partial charge in [-0.05, 0) is 57.7 Å². The number of carbonyl (C=O) groups is 2.